The smallest absolute Gasteiger partial charge is 0.311 e. The van der Waals surface area contributed by atoms with Gasteiger partial charge in [-0.15, -0.1) is 0 Å². The molecule has 268 valence electrons. The van der Waals surface area contributed by atoms with Gasteiger partial charge in [-0.2, -0.15) is 0 Å². The van der Waals surface area contributed by atoms with Gasteiger partial charge in [-0.3, -0.25) is 9.59 Å². The van der Waals surface area contributed by atoms with Crippen LogP contribution in [-0.4, -0.2) is 126 Å². The van der Waals surface area contributed by atoms with Crippen LogP contribution in [-0.2, 0) is 38.0 Å². The van der Waals surface area contributed by atoms with E-state index in [1.165, 1.54) is 7.11 Å². The Hall–Kier alpha value is -1.22. The Morgan fingerprint density at radius 1 is 0.957 bits per heavy atom. The van der Waals surface area contributed by atoms with Crippen molar-refractivity contribution in [2.75, 3.05) is 21.2 Å². The summed E-state index contributed by atoms with van der Waals surface area (Å²) in [7, 11) is 5.62. The molecule has 12 nitrogen and oxygen atoms in total. The van der Waals surface area contributed by atoms with Gasteiger partial charge in [0.25, 0.3) is 0 Å². The van der Waals surface area contributed by atoms with E-state index in [4.69, 9.17) is 28.4 Å². The number of rotatable bonds is 7. The average Bonchev–Trinajstić information content (AvgIpc) is 3.00. The first-order valence-corrected chi connectivity index (χ1v) is 17.1. The Morgan fingerprint density at radius 3 is 2.22 bits per heavy atom. The van der Waals surface area contributed by atoms with Crippen molar-refractivity contribution in [3.05, 3.63) is 0 Å². The van der Waals surface area contributed by atoms with Gasteiger partial charge in [-0.25, -0.2) is 0 Å². The number of nitrogens with zero attached hydrogens (tertiary/aromatic N) is 1. The van der Waals surface area contributed by atoms with Crippen LogP contribution in [0.25, 0.3) is 0 Å². The van der Waals surface area contributed by atoms with Crippen molar-refractivity contribution in [1.82, 2.24) is 4.90 Å². The van der Waals surface area contributed by atoms with Gasteiger partial charge in [-0.05, 0) is 67.0 Å². The number of esters is 1. The molecule has 10 unspecified atom stereocenters. The van der Waals surface area contributed by atoms with Crippen molar-refractivity contribution in [2.45, 2.75) is 166 Å². The first-order chi connectivity index (χ1) is 21.5. The van der Waals surface area contributed by atoms with Crippen LogP contribution in [0.4, 0.5) is 0 Å². The predicted molar refractivity (Wildman–Crippen MR) is 170 cm³/mol. The van der Waals surface area contributed by atoms with E-state index in [9.17, 15) is 24.9 Å². The molecule has 46 heavy (non-hydrogen) atoms. The third kappa shape index (κ3) is 9.69. The van der Waals surface area contributed by atoms with Crippen LogP contribution in [0.2, 0.25) is 0 Å². The largest absolute Gasteiger partial charge is 0.459 e. The minimum Gasteiger partial charge on any atom is -0.459 e. The van der Waals surface area contributed by atoms with Gasteiger partial charge in [0.1, 0.15) is 24.1 Å². The highest BCUT2D eigenvalue weighted by Gasteiger charge is 2.48. The van der Waals surface area contributed by atoms with Crippen LogP contribution in [0.3, 0.4) is 0 Å². The molecule has 3 aliphatic heterocycles. The van der Waals surface area contributed by atoms with Crippen LogP contribution in [0, 0.1) is 17.8 Å². The first kappa shape index (κ1) is 39.2. The molecule has 0 aliphatic carbocycles. The molecule has 0 aromatic heterocycles. The fourth-order valence-corrected chi connectivity index (χ4v) is 7.23. The first-order valence-electron chi connectivity index (χ1n) is 17.1. The maximum absolute atomic E-state index is 13.8. The summed E-state index contributed by atoms with van der Waals surface area (Å²) in [4.78, 5) is 28.9. The molecule has 12 heteroatoms. The lowest BCUT2D eigenvalue weighted by molar-refractivity contribution is -0.303. The molecule has 0 bridgehead atoms. The molecule has 3 fully saturated rings. The number of aliphatic hydroxyl groups is 3. The number of ketones is 1. The van der Waals surface area contributed by atoms with Gasteiger partial charge in [0, 0.05) is 44.8 Å². The number of carbonyl (C=O) groups is 2. The third-order valence-electron chi connectivity index (χ3n) is 10.5. The zero-order valence-electron chi connectivity index (χ0n) is 29.6. The van der Waals surface area contributed by atoms with E-state index in [1.807, 2.05) is 34.9 Å². The van der Waals surface area contributed by atoms with Crippen molar-refractivity contribution in [3.63, 3.8) is 0 Å². The molecular weight excluding hydrogens is 598 g/mol. The summed E-state index contributed by atoms with van der Waals surface area (Å²) in [6.45, 7) is 13.0. The molecule has 0 amide bonds. The van der Waals surface area contributed by atoms with E-state index < -0.39 is 78.7 Å². The van der Waals surface area contributed by atoms with Gasteiger partial charge in [-0.1, -0.05) is 20.8 Å². The van der Waals surface area contributed by atoms with Gasteiger partial charge in [0.15, 0.2) is 12.6 Å². The fourth-order valence-electron chi connectivity index (χ4n) is 7.23. The monoisotopic (exact) mass is 659 g/mol. The van der Waals surface area contributed by atoms with Gasteiger partial charge >= 0.3 is 5.97 Å². The van der Waals surface area contributed by atoms with E-state index >= 15 is 0 Å². The van der Waals surface area contributed by atoms with E-state index in [0.717, 1.165) is 6.42 Å². The van der Waals surface area contributed by atoms with E-state index in [0.29, 0.717) is 12.8 Å². The molecule has 3 aliphatic rings. The molecule has 3 rings (SSSR count). The molecule has 0 aromatic rings. The van der Waals surface area contributed by atoms with Crippen molar-refractivity contribution < 1.29 is 53.3 Å². The van der Waals surface area contributed by atoms with E-state index in [-0.39, 0.29) is 49.5 Å². The highest BCUT2D eigenvalue weighted by Crippen LogP contribution is 2.38. The maximum atomic E-state index is 13.8. The summed E-state index contributed by atoms with van der Waals surface area (Å²) in [5.74, 6) is -2.22. The Labute approximate surface area is 275 Å². The zero-order valence-corrected chi connectivity index (χ0v) is 29.6. The lowest BCUT2D eigenvalue weighted by atomic mass is 9.81. The van der Waals surface area contributed by atoms with Crippen molar-refractivity contribution in [3.8, 4) is 0 Å². The minimum atomic E-state index is -1.42. The lowest BCUT2D eigenvalue weighted by Gasteiger charge is -2.47. The number of hydrogen-bond acceptors (Lipinski definition) is 12. The number of hydrogen-bond donors (Lipinski definition) is 3. The molecule has 3 heterocycles. The average molecular weight is 660 g/mol. The third-order valence-corrected chi connectivity index (χ3v) is 10.5. The number of aliphatic hydroxyl groups excluding tert-OH is 3. The van der Waals surface area contributed by atoms with Crippen LogP contribution in [0.1, 0.15) is 93.4 Å². The molecule has 15 atom stereocenters. The SMILES string of the molecule is CCC1OC(=O)C(C)C(O[C@H]2C[C@@](C)(OC)[C@@H](O)C(C)O2)C(C)[C@@H](OC2CC(N(C)C)CC(C)O2)C(C)CCC(=O)C[C@@H](O)C1O. The minimum absolute atomic E-state index is 0.0213. The predicted octanol–water partition coefficient (Wildman–Crippen LogP) is 2.82. The summed E-state index contributed by atoms with van der Waals surface area (Å²) in [5.41, 5.74) is -0.943. The van der Waals surface area contributed by atoms with Gasteiger partial charge in [0.2, 0.25) is 0 Å². The Kier molecular flexibility index (Phi) is 14.4. The molecule has 0 spiro atoms. The van der Waals surface area contributed by atoms with Gasteiger partial charge < -0.3 is 48.6 Å². The molecule has 3 saturated heterocycles. The summed E-state index contributed by atoms with van der Waals surface area (Å²) in [5, 5.41) is 32.3. The number of cyclic esters (lactones) is 1. The van der Waals surface area contributed by atoms with Crippen LogP contribution in [0.15, 0.2) is 0 Å². The summed E-state index contributed by atoms with van der Waals surface area (Å²) < 4.78 is 37.3. The summed E-state index contributed by atoms with van der Waals surface area (Å²) in [6.07, 6.45) is -5.52. The second-order valence-corrected chi connectivity index (χ2v) is 14.5. The number of carbonyl (C=O) groups excluding carboxylic acids is 2. The standard InChI is InChI=1S/C34H61NO11/c1-11-26-29(38)25(37)16-24(36)13-12-18(2)30(45-27-15-23(35(8)9)14-19(3)42-27)20(4)31(21(5)33(40)44-26)46-28-17-34(7,41-10)32(39)22(6)43-28/h18-23,25-32,37-39H,11-17H2,1-10H3/t18?,19?,20?,21?,22?,23?,25-,26?,27?,28+,29?,30+,31?,32+,34-/m1/s1. The zero-order chi connectivity index (χ0) is 34.5. The summed E-state index contributed by atoms with van der Waals surface area (Å²) >= 11 is 0. The number of methoxy groups -OCH3 is 1. The number of ether oxygens (including phenoxy) is 6. The molecular formula is C34H61NO11. The topological polar surface area (TPSA) is 153 Å². The van der Waals surface area contributed by atoms with E-state index in [2.05, 4.69) is 4.90 Å². The normalized spacial score (nSPS) is 45.7. The van der Waals surface area contributed by atoms with Crippen LogP contribution in [0.5, 0.6) is 0 Å². The van der Waals surface area contributed by atoms with Crippen molar-refractivity contribution in [1.29, 1.82) is 0 Å². The van der Waals surface area contributed by atoms with Crippen LogP contribution >= 0.6 is 0 Å². The highest BCUT2D eigenvalue weighted by molar-refractivity contribution is 5.79. The second-order valence-electron chi connectivity index (χ2n) is 14.5. The molecule has 0 aromatic carbocycles. The fraction of sp³-hybridized carbons (Fsp3) is 0.941. The highest BCUT2D eigenvalue weighted by atomic mass is 16.7. The number of Topliss-reactive ketones (excluding diaryl/α,β-unsaturated/α-hetero) is 1. The Balaban J connectivity index is 2.01. The van der Waals surface area contributed by atoms with E-state index in [1.54, 1.807) is 27.7 Å². The Morgan fingerprint density at radius 2 is 1.61 bits per heavy atom. The van der Waals surface area contributed by atoms with Crippen molar-refractivity contribution in [2.24, 2.45) is 17.8 Å². The molecule has 0 radical (unpaired) electrons. The maximum Gasteiger partial charge on any atom is 0.311 e. The quantitative estimate of drug-likeness (QED) is 0.345. The summed E-state index contributed by atoms with van der Waals surface area (Å²) in [6, 6.07) is 0.259. The Bertz CT molecular complexity index is 983. The lowest BCUT2D eigenvalue weighted by Crippen LogP contribution is -2.57. The second kappa shape index (κ2) is 16.9. The van der Waals surface area contributed by atoms with Crippen molar-refractivity contribution >= 4 is 11.8 Å². The molecule has 0 saturated carbocycles. The van der Waals surface area contributed by atoms with Gasteiger partial charge in [0.05, 0.1) is 42.0 Å². The van der Waals surface area contributed by atoms with Crippen LogP contribution < -0.4 is 0 Å². The molecule has 3 N–H and O–H groups in total.